The molecular formula is C18H24N4. The summed E-state index contributed by atoms with van der Waals surface area (Å²) >= 11 is 0. The molecule has 0 spiro atoms. The average Bonchev–Trinajstić information content (AvgIpc) is 2.84. The number of nitrogens with zero attached hydrogens (tertiary/aromatic N) is 3. The van der Waals surface area contributed by atoms with Gasteiger partial charge in [-0.3, -0.25) is 0 Å². The zero-order valence-electron chi connectivity index (χ0n) is 13.2. The first kappa shape index (κ1) is 14.8. The predicted molar refractivity (Wildman–Crippen MR) is 91.6 cm³/mol. The lowest BCUT2D eigenvalue weighted by Crippen LogP contribution is -2.20. The van der Waals surface area contributed by atoms with Crippen LogP contribution in [0.3, 0.4) is 0 Å². The molecule has 1 saturated carbocycles. The fourth-order valence-corrected chi connectivity index (χ4v) is 2.99. The Morgan fingerprint density at radius 1 is 1.00 bits per heavy atom. The van der Waals surface area contributed by atoms with Crippen LogP contribution in [0.4, 0.5) is 17.5 Å². The lowest BCUT2D eigenvalue weighted by atomic mass is 10.1. The van der Waals surface area contributed by atoms with Gasteiger partial charge in [-0.15, -0.1) is 0 Å². The van der Waals surface area contributed by atoms with Crippen LogP contribution < -0.4 is 10.2 Å². The van der Waals surface area contributed by atoms with E-state index in [1.807, 2.05) is 42.4 Å². The summed E-state index contributed by atoms with van der Waals surface area (Å²) < 4.78 is 0. The van der Waals surface area contributed by atoms with Gasteiger partial charge < -0.3 is 10.2 Å². The van der Waals surface area contributed by atoms with Gasteiger partial charge in [-0.1, -0.05) is 43.9 Å². The number of para-hydroxylation sites is 1. The Hall–Kier alpha value is -2.10. The summed E-state index contributed by atoms with van der Waals surface area (Å²) in [6, 6.07) is 12.7. The molecule has 1 aromatic heterocycles. The zero-order chi connectivity index (χ0) is 15.2. The van der Waals surface area contributed by atoms with Crippen molar-refractivity contribution in [2.24, 2.45) is 0 Å². The smallest absolute Gasteiger partial charge is 0.231 e. The first-order valence-electron chi connectivity index (χ1n) is 8.21. The molecule has 0 bridgehead atoms. The molecule has 1 fully saturated rings. The van der Waals surface area contributed by atoms with Crippen molar-refractivity contribution in [2.75, 3.05) is 17.3 Å². The van der Waals surface area contributed by atoms with Gasteiger partial charge >= 0.3 is 0 Å². The molecule has 3 rings (SSSR count). The third kappa shape index (κ3) is 3.75. The van der Waals surface area contributed by atoms with E-state index < -0.39 is 0 Å². The minimum atomic E-state index is 0.548. The summed E-state index contributed by atoms with van der Waals surface area (Å²) in [6.07, 6.45) is 9.69. The average molecular weight is 296 g/mol. The SMILES string of the molecule is CN(c1ccccc1)c1nccc(NC2CCCCCC2)n1. The standard InChI is InChI=1S/C18H24N4/c1-22(16-11-7-4-8-12-16)18-19-14-13-17(21-18)20-15-9-5-2-3-6-10-15/h4,7-8,11-15H,2-3,5-6,9-10H2,1H3,(H,19,20,21). The maximum atomic E-state index is 4.68. The highest BCUT2D eigenvalue weighted by Crippen LogP contribution is 2.23. The summed E-state index contributed by atoms with van der Waals surface area (Å²) in [5.74, 6) is 1.66. The lowest BCUT2D eigenvalue weighted by Gasteiger charge is -2.20. The van der Waals surface area contributed by atoms with E-state index in [9.17, 15) is 0 Å². The van der Waals surface area contributed by atoms with E-state index >= 15 is 0 Å². The number of anilines is 3. The molecule has 0 aliphatic heterocycles. The topological polar surface area (TPSA) is 41.1 Å². The highest BCUT2D eigenvalue weighted by molar-refractivity contribution is 5.57. The van der Waals surface area contributed by atoms with Crippen molar-refractivity contribution in [1.29, 1.82) is 0 Å². The molecule has 4 heteroatoms. The molecule has 22 heavy (non-hydrogen) atoms. The van der Waals surface area contributed by atoms with Gasteiger partial charge in [-0.25, -0.2) is 4.98 Å². The van der Waals surface area contributed by atoms with Gasteiger partial charge in [0.2, 0.25) is 5.95 Å². The van der Waals surface area contributed by atoms with Crippen molar-refractivity contribution < 1.29 is 0 Å². The van der Waals surface area contributed by atoms with Crippen LogP contribution >= 0.6 is 0 Å². The molecule has 1 N–H and O–H groups in total. The van der Waals surface area contributed by atoms with Gasteiger partial charge in [0.05, 0.1) is 0 Å². The van der Waals surface area contributed by atoms with Crippen molar-refractivity contribution in [3.63, 3.8) is 0 Å². The van der Waals surface area contributed by atoms with Crippen LogP contribution in [0.15, 0.2) is 42.6 Å². The second-order valence-corrected chi connectivity index (χ2v) is 5.97. The molecule has 0 atom stereocenters. The maximum Gasteiger partial charge on any atom is 0.231 e. The van der Waals surface area contributed by atoms with Crippen molar-refractivity contribution in [1.82, 2.24) is 9.97 Å². The Labute approximate surface area is 132 Å². The molecule has 0 unspecified atom stereocenters. The predicted octanol–water partition coefficient (Wildman–Crippen LogP) is 4.38. The maximum absolute atomic E-state index is 4.68. The van der Waals surface area contributed by atoms with E-state index in [2.05, 4.69) is 27.4 Å². The van der Waals surface area contributed by atoms with Crippen LogP contribution in [0.1, 0.15) is 38.5 Å². The van der Waals surface area contributed by atoms with Crippen molar-refractivity contribution in [3.05, 3.63) is 42.6 Å². The van der Waals surface area contributed by atoms with E-state index in [4.69, 9.17) is 0 Å². The molecule has 1 aliphatic carbocycles. The highest BCUT2D eigenvalue weighted by atomic mass is 15.2. The number of rotatable bonds is 4. The number of hydrogen-bond donors (Lipinski definition) is 1. The Bertz CT molecular complexity index is 577. The fourth-order valence-electron chi connectivity index (χ4n) is 2.99. The molecule has 1 heterocycles. The second-order valence-electron chi connectivity index (χ2n) is 5.97. The molecular weight excluding hydrogens is 272 g/mol. The molecule has 2 aromatic rings. The molecule has 0 saturated heterocycles. The Morgan fingerprint density at radius 3 is 2.45 bits per heavy atom. The summed E-state index contributed by atoms with van der Waals surface area (Å²) in [4.78, 5) is 11.1. The van der Waals surface area contributed by atoms with Crippen molar-refractivity contribution in [2.45, 2.75) is 44.6 Å². The van der Waals surface area contributed by atoms with Crippen LogP contribution in [-0.2, 0) is 0 Å². The Balaban J connectivity index is 1.72. The molecule has 0 amide bonds. The van der Waals surface area contributed by atoms with E-state index in [0.29, 0.717) is 6.04 Å². The number of hydrogen-bond acceptors (Lipinski definition) is 4. The number of aromatic nitrogens is 2. The summed E-state index contributed by atoms with van der Waals surface area (Å²) in [6.45, 7) is 0. The van der Waals surface area contributed by atoms with Crippen molar-refractivity contribution in [3.8, 4) is 0 Å². The molecule has 116 valence electrons. The van der Waals surface area contributed by atoms with Crippen LogP contribution in [0.25, 0.3) is 0 Å². The van der Waals surface area contributed by atoms with Gasteiger partial charge in [-0.05, 0) is 31.0 Å². The third-order valence-electron chi connectivity index (χ3n) is 4.29. The minimum absolute atomic E-state index is 0.548. The third-order valence-corrected chi connectivity index (χ3v) is 4.29. The molecule has 4 nitrogen and oxygen atoms in total. The van der Waals surface area contributed by atoms with Gasteiger partial charge in [0.15, 0.2) is 0 Å². The largest absolute Gasteiger partial charge is 0.367 e. The summed E-state index contributed by atoms with van der Waals surface area (Å²) in [7, 11) is 2.00. The quantitative estimate of drug-likeness (QED) is 0.850. The molecule has 0 radical (unpaired) electrons. The first-order valence-corrected chi connectivity index (χ1v) is 8.21. The lowest BCUT2D eigenvalue weighted by molar-refractivity contribution is 0.617. The van der Waals surface area contributed by atoms with Gasteiger partial charge in [0, 0.05) is 25.0 Å². The van der Waals surface area contributed by atoms with Crippen LogP contribution in [0.5, 0.6) is 0 Å². The van der Waals surface area contributed by atoms with Crippen LogP contribution in [0, 0.1) is 0 Å². The number of benzene rings is 1. The van der Waals surface area contributed by atoms with E-state index in [1.54, 1.807) is 0 Å². The van der Waals surface area contributed by atoms with Gasteiger partial charge in [0.25, 0.3) is 0 Å². The highest BCUT2D eigenvalue weighted by Gasteiger charge is 2.13. The van der Waals surface area contributed by atoms with E-state index in [0.717, 1.165) is 17.5 Å². The minimum Gasteiger partial charge on any atom is -0.367 e. The molecule has 1 aromatic carbocycles. The van der Waals surface area contributed by atoms with E-state index in [-0.39, 0.29) is 0 Å². The monoisotopic (exact) mass is 296 g/mol. The fraction of sp³-hybridized carbons (Fsp3) is 0.444. The number of nitrogens with one attached hydrogen (secondary N) is 1. The summed E-state index contributed by atoms with van der Waals surface area (Å²) in [5, 5.41) is 3.59. The van der Waals surface area contributed by atoms with Crippen molar-refractivity contribution >= 4 is 17.5 Å². The Morgan fingerprint density at radius 2 is 1.73 bits per heavy atom. The molecule has 1 aliphatic rings. The van der Waals surface area contributed by atoms with Crippen LogP contribution in [-0.4, -0.2) is 23.1 Å². The van der Waals surface area contributed by atoms with E-state index in [1.165, 1.54) is 38.5 Å². The first-order chi connectivity index (χ1) is 10.8. The summed E-state index contributed by atoms with van der Waals surface area (Å²) in [5.41, 5.74) is 1.09. The second kappa shape index (κ2) is 7.25. The normalized spacial score (nSPS) is 16.0. The Kier molecular flexibility index (Phi) is 4.88. The zero-order valence-corrected chi connectivity index (χ0v) is 13.2. The van der Waals surface area contributed by atoms with Crippen LogP contribution in [0.2, 0.25) is 0 Å². The van der Waals surface area contributed by atoms with Gasteiger partial charge in [0.1, 0.15) is 5.82 Å². The van der Waals surface area contributed by atoms with Gasteiger partial charge in [-0.2, -0.15) is 4.98 Å².